The molecule has 6 heteroatoms. The fourth-order valence-corrected chi connectivity index (χ4v) is 3.55. The number of phenolic OH excluding ortho intramolecular Hbond substituents is 1. The Bertz CT molecular complexity index is 787. The van der Waals surface area contributed by atoms with Gasteiger partial charge in [0.1, 0.15) is 0 Å². The van der Waals surface area contributed by atoms with Crippen molar-refractivity contribution >= 4 is 5.96 Å². The first-order valence-electron chi connectivity index (χ1n) is 10.3. The van der Waals surface area contributed by atoms with Crippen LogP contribution in [0.3, 0.4) is 0 Å². The van der Waals surface area contributed by atoms with Crippen LogP contribution in [0.15, 0.2) is 53.5 Å². The monoisotopic (exact) mass is 396 g/mol. The van der Waals surface area contributed by atoms with Crippen molar-refractivity contribution in [2.24, 2.45) is 4.99 Å². The van der Waals surface area contributed by atoms with Crippen LogP contribution in [0.1, 0.15) is 18.1 Å². The van der Waals surface area contributed by atoms with E-state index < -0.39 is 0 Å². The highest BCUT2D eigenvalue weighted by atomic mass is 16.5. The number of piperazine rings is 1. The van der Waals surface area contributed by atoms with Crippen molar-refractivity contribution in [3.63, 3.8) is 0 Å². The van der Waals surface area contributed by atoms with Crippen LogP contribution >= 0.6 is 0 Å². The van der Waals surface area contributed by atoms with Gasteiger partial charge in [0.05, 0.1) is 7.11 Å². The van der Waals surface area contributed by atoms with Gasteiger partial charge in [0.15, 0.2) is 17.5 Å². The highest BCUT2D eigenvalue weighted by molar-refractivity contribution is 5.80. The van der Waals surface area contributed by atoms with E-state index in [0.29, 0.717) is 12.3 Å². The smallest absolute Gasteiger partial charge is 0.194 e. The molecule has 3 rings (SSSR count). The van der Waals surface area contributed by atoms with Gasteiger partial charge in [0, 0.05) is 45.8 Å². The highest BCUT2D eigenvalue weighted by Crippen LogP contribution is 2.26. The van der Waals surface area contributed by atoms with Crippen molar-refractivity contribution in [1.82, 2.24) is 15.1 Å². The molecule has 2 aromatic rings. The maximum absolute atomic E-state index is 9.73. The molecule has 2 aromatic carbocycles. The van der Waals surface area contributed by atoms with Crippen molar-refractivity contribution in [3.05, 3.63) is 59.7 Å². The molecule has 0 amide bonds. The number of nitrogens with zero attached hydrogens (tertiary/aromatic N) is 3. The number of guanidine groups is 1. The molecule has 0 saturated carbocycles. The lowest BCUT2D eigenvalue weighted by atomic mass is 10.1. The first-order chi connectivity index (χ1) is 14.2. The lowest BCUT2D eigenvalue weighted by molar-refractivity contribution is 0.172. The largest absolute Gasteiger partial charge is 0.504 e. The Morgan fingerprint density at radius 3 is 2.52 bits per heavy atom. The quantitative estimate of drug-likeness (QED) is 0.557. The molecule has 29 heavy (non-hydrogen) atoms. The molecule has 6 nitrogen and oxygen atoms in total. The van der Waals surface area contributed by atoms with Gasteiger partial charge >= 0.3 is 0 Å². The van der Waals surface area contributed by atoms with Crippen molar-refractivity contribution < 1.29 is 9.84 Å². The van der Waals surface area contributed by atoms with Crippen LogP contribution < -0.4 is 10.1 Å². The third-order valence-corrected chi connectivity index (χ3v) is 5.16. The van der Waals surface area contributed by atoms with Crippen LogP contribution in [0, 0.1) is 0 Å². The second-order valence-electron chi connectivity index (χ2n) is 7.24. The summed E-state index contributed by atoms with van der Waals surface area (Å²) in [7, 11) is 1.57. The van der Waals surface area contributed by atoms with Gasteiger partial charge in [-0.05, 0) is 36.6 Å². The van der Waals surface area contributed by atoms with Crippen molar-refractivity contribution in [3.8, 4) is 11.5 Å². The van der Waals surface area contributed by atoms with Gasteiger partial charge in [0.2, 0.25) is 0 Å². The molecule has 2 N–H and O–H groups in total. The lowest BCUT2D eigenvalue weighted by Crippen LogP contribution is -2.52. The van der Waals surface area contributed by atoms with Gasteiger partial charge in [-0.15, -0.1) is 0 Å². The Morgan fingerprint density at radius 2 is 1.83 bits per heavy atom. The molecule has 1 aliphatic rings. The van der Waals surface area contributed by atoms with Crippen LogP contribution in [0.5, 0.6) is 11.5 Å². The van der Waals surface area contributed by atoms with E-state index in [1.807, 2.05) is 12.1 Å². The topological polar surface area (TPSA) is 60.3 Å². The van der Waals surface area contributed by atoms with Gasteiger partial charge in [-0.2, -0.15) is 0 Å². The summed E-state index contributed by atoms with van der Waals surface area (Å²) < 4.78 is 5.19. The van der Waals surface area contributed by atoms with Crippen LogP contribution in [-0.2, 0) is 13.0 Å². The van der Waals surface area contributed by atoms with E-state index in [2.05, 4.69) is 52.4 Å². The van der Waals surface area contributed by atoms with Crippen LogP contribution in [0.4, 0.5) is 0 Å². The van der Waals surface area contributed by atoms with E-state index in [1.165, 1.54) is 5.56 Å². The summed E-state index contributed by atoms with van der Waals surface area (Å²) in [6.07, 6.45) is 0.805. The summed E-state index contributed by atoms with van der Waals surface area (Å²) in [4.78, 5) is 9.68. The number of nitrogens with one attached hydrogen (secondary N) is 1. The molecule has 1 fully saturated rings. The first-order valence-corrected chi connectivity index (χ1v) is 10.3. The van der Waals surface area contributed by atoms with E-state index in [1.54, 1.807) is 13.2 Å². The summed E-state index contributed by atoms with van der Waals surface area (Å²) in [5.74, 6) is 1.66. The van der Waals surface area contributed by atoms with E-state index in [0.717, 1.165) is 57.2 Å². The Labute approximate surface area is 173 Å². The molecule has 0 radical (unpaired) electrons. The predicted molar refractivity (Wildman–Crippen MR) is 118 cm³/mol. The summed E-state index contributed by atoms with van der Waals surface area (Å²) in [6, 6.07) is 16.1. The SMILES string of the molecule is CCNC(=NCCc1ccc(O)c(OC)c1)N1CCN(Cc2ccccc2)CC1. The fourth-order valence-electron chi connectivity index (χ4n) is 3.55. The standard InChI is InChI=1S/C23H32N4O2/c1-3-24-23(25-12-11-19-9-10-21(28)22(17-19)29-2)27-15-13-26(14-16-27)18-20-7-5-4-6-8-20/h4-10,17,28H,3,11-16,18H2,1-2H3,(H,24,25). The molecular weight excluding hydrogens is 364 g/mol. The second-order valence-corrected chi connectivity index (χ2v) is 7.24. The number of aliphatic imine (C=N–C) groups is 1. The maximum atomic E-state index is 9.73. The van der Waals surface area contributed by atoms with E-state index in [-0.39, 0.29) is 5.75 Å². The molecule has 0 aromatic heterocycles. The summed E-state index contributed by atoms with van der Waals surface area (Å²) >= 11 is 0. The number of rotatable bonds is 7. The average Bonchev–Trinajstić information content (AvgIpc) is 2.75. The Balaban J connectivity index is 1.53. The normalized spacial score (nSPS) is 15.4. The van der Waals surface area contributed by atoms with Crippen molar-refractivity contribution in [1.29, 1.82) is 0 Å². The molecule has 0 atom stereocenters. The minimum Gasteiger partial charge on any atom is -0.504 e. The van der Waals surface area contributed by atoms with Crippen molar-refractivity contribution in [2.45, 2.75) is 19.9 Å². The summed E-state index contributed by atoms with van der Waals surface area (Å²) in [6.45, 7) is 8.69. The minimum atomic E-state index is 0.168. The first kappa shape index (κ1) is 21.0. The van der Waals surface area contributed by atoms with Crippen molar-refractivity contribution in [2.75, 3.05) is 46.4 Å². The molecule has 1 heterocycles. The molecule has 1 saturated heterocycles. The highest BCUT2D eigenvalue weighted by Gasteiger charge is 2.19. The number of phenols is 1. The summed E-state index contributed by atoms with van der Waals surface area (Å²) in [5, 5.41) is 13.2. The third-order valence-electron chi connectivity index (χ3n) is 5.16. The predicted octanol–water partition coefficient (Wildman–Crippen LogP) is 2.73. The van der Waals surface area contributed by atoms with Gasteiger partial charge in [-0.1, -0.05) is 36.4 Å². The number of hydrogen-bond acceptors (Lipinski definition) is 4. The maximum Gasteiger partial charge on any atom is 0.194 e. The molecule has 0 unspecified atom stereocenters. The molecule has 0 bridgehead atoms. The average molecular weight is 397 g/mol. The lowest BCUT2D eigenvalue weighted by Gasteiger charge is -2.36. The van der Waals surface area contributed by atoms with Crippen LogP contribution in [0.2, 0.25) is 0 Å². The number of hydrogen-bond donors (Lipinski definition) is 2. The molecule has 0 spiro atoms. The minimum absolute atomic E-state index is 0.168. The van der Waals surface area contributed by atoms with Gasteiger partial charge < -0.3 is 20.1 Å². The number of aromatic hydroxyl groups is 1. The number of benzene rings is 2. The molecule has 1 aliphatic heterocycles. The third kappa shape index (κ3) is 6.12. The van der Waals surface area contributed by atoms with E-state index in [4.69, 9.17) is 9.73 Å². The molecule has 0 aliphatic carbocycles. The number of methoxy groups -OCH3 is 1. The molecule has 156 valence electrons. The Morgan fingerprint density at radius 1 is 1.07 bits per heavy atom. The van der Waals surface area contributed by atoms with Crippen LogP contribution in [-0.4, -0.2) is 67.2 Å². The number of ether oxygens (including phenoxy) is 1. The van der Waals surface area contributed by atoms with Gasteiger partial charge in [0.25, 0.3) is 0 Å². The van der Waals surface area contributed by atoms with Gasteiger partial charge in [-0.25, -0.2) is 0 Å². The fraction of sp³-hybridized carbons (Fsp3) is 0.435. The van der Waals surface area contributed by atoms with E-state index in [9.17, 15) is 5.11 Å². The van der Waals surface area contributed by atoms with Gasteiger partial charge in [-0.3, -0.25) is 9.89 Å². The Kier molecular flexibility index (Phi) is 7.76. The molecular formula is C23H32N4O2. The zero-order chi connectivity index (χ0) is 20.5. The van der Waals surface area contributed by atoms with E-state index >= 15 is 0 Å². The van der Waals surface area contributed by atoms with Crippen LogP contribution in [0.25, 0.3) is 0 Å². The zero-order valence-corrected chi connectivity index (χ0v) is 17.5. The second kappa shape index (κ2) is 10.7. The Hall–Kier alpha value is -2.73. The zero-order valence-electron chi connectivity index (χ0n) is 17.5. The summed E-state index contributed by atoms with van der Waals surface area (Å²) in [5.41, 5.74) is 2.47.